The van der Waals surface area contributed by atoms with Crippen LogP contribution in [-0.2, 0) is 20.6 Å². The first-order valence-electron chi connectivity index (χ1n) is 7.75. The van der Waals surface area contributed by atoms with Crippen molar-refractivity contribution in [2.45, 2.75) is 13.5 Å². The van der Waals surface area contributed by atoms with Gasteiger partial charge in [-0.05, 0) is 24.6 Å². The van der Waals surface area contributed by atoms with Crippen LogP contribution in [0.15, 0.2) is 33.9 Å². The molecule has 0 aliphatic heterocycles. The van der Waals surface area contributed by atoms with Crippen molar-refractivity contribution in [3.63, 3.8) is 0 Å². The Bertz CT molecular complexity index is 1090. The molecule has 0 unspecified atom stereocenters. The molecule has 0 bridgehead atoms. The average molecular weight is 341 g/mol. The molecule has 130 valence electrons. The van der Waals surface area contributed by atoms with E-state index in [2.05, 4.69) is 9.97 Å². The van der Waals surface area contributed by atoms with Gasteiger partial charge in [0.05, 0.1) is 17.6 Å². The monoisotopic (exact) mass is 341 g/mol. The van der Waals surface area contributed by atoms with Gasteiger partial charge in [-0.25, -0.2) is 9.78 Å². The summed E-state index contributed by atoms with van der Waals surface area (Å²) < 4.78 is 2.13. The molecule has 0 fully saturated rings. The number of H-pyrrole nitrogens is 1. The number of aromatic amines is 1. The van der Waals surface area contributed by atoms with E-state index in [1.807, 2.05) is 25.1 Å². The van der Waals surface area contributed by atoms with Crippen molar-refractivity contribution in [3.8, 4) is 0 Å². The van der Waals surface area contributed by atoms with Crippen LogP contribution in [0.4, 0.5) is 0 Å². The maximum atomic E-state index is 12.6. The number of fused-ring (bicyclic) bond motifs is 1. The highest BCUT2D eigenvalue weighted by Crippen LogP contribution is 2.14. The molecule has 0 radical (unpaired) electrons. The number of hydrogen-bond donors (Lipinski definition) is 1. The molecule has 1 N–H and O–H groups in total. The van der Waals surface area contributed by atoms with Crippen molar-refractivity contribution < 1.29 is 4.79 Å². The maximum Gasteiger partial charge on any atom is 0.331 e. The second kappa shape index (κ2) is 6.04. The first kappa shape index (κ1) is 16.7. The molecule has 3 rings (SSSR count). The lowest BCUT2D eigenvalue weighted by molar-refractivity contribution is 0.0770. The molecule has 0 saturated heterocycles. The Hall–Kier alpha value is -3.16. The van der Waals surface area contributed by atoms with Crippen molar-refractivity contribution in [1.29, 1.82) is 0 Å². The van der Waals surface area contributed by atoms with Crippen molar-refractivity contribution in [2.75, 3.05) is 7.05 Å². The summed E-state index contributed by atoms with van der Waals surface area (Å²) in [7, 11) is 4.44. The molecule has 2 heterocycles. The second-order valence-corrected chi connectivity index (χ2v) is 6.13. The minimum Gasteiger partial charge on any atom is -0.340 e. The van der Waals surface area contributed by atoms with Gasteiger partial charge >= 0.3 is 5.69 Å². The quantitative estimate of drug-likeness (QED) is 0.752. The fraction of sp³-hybridized carbons (Fsp3) is 0.294. The number of rotatable bonds is 3. The summed E-state index contributed by atoms with van der Waals surface area (Å²) in [5, 5.41) is 0. The van der Waals surface area contributed by atoms with Crippen LogP contribution < -0.4 is 11.2 Å². The molecule has 8 nitrogen and oxygen atoms in total. The molecule has 0 aliphatic rings. The van der Waals surface area contributed by atoms with Gasteiger partial charge in [-0.3, -0.25) is 18.7 Å². The number of nitrogens with zero attached hydrogens (tertiary/aromatic N) is 4. The SMILES string of the molecule is Cc1ccc2nc(CN(C)C(=O)c3cc(=O)n(C)c(=O)n3C)[nH]c2c1. The molecular formula is C17H19N5O3. The van der Waals surface area contributed by atoms with Gasteiger partial charge in [-0.15, -0.1) is 0 Å². The smallest absolute Gasteiger partial charge is 0.331 e. The average Bonchev–Trinajstić information content (AvgIpc) is 2.96. The summed E-state index contributed by atoms with van der Waals surface area (Å²) in [6.45, 7) is 2.22. The molecule has 0 atom stereocenters. The van der Waals surface area contributed by atoms with Crippen LogP contribution in [0.3, 0.4) is 0 Å². The Morgan fingerprint density at radius 2 is 1.92 bits per heavy atom. The van der Waals surface area contributed by atoms with Crippen LogP contribution in [0.2, 0.25) is 0 Å². The molecule has 1 aromatic carbocycles. The van der Waals surface area contributed by atoms with E-state index in [1.54, 1.807) is 7.05 Å². The summed E-state index contributed by atoms with van der Waals surface area (Å²) in [5.74, 6) is 0.208. The summed E-state index contributed by atoms with van der Waals surface area (Å²) in [5.41, 5.74) is 1.83. The van der Waals surface area contributed by atoms with Crippen LogP contribution in [-0.4, -0.2) is 37.0 Å². The minimum absolute atomic E-state index is 0.0440. The van der Waals surface area contributed by atoms with Crippen molar-refractivity contribution in [2.24, 2.45) is 14.1 Å². The minimum atomic E-state index is -0.538. The Morgan fingerprint density at radius 3 is 2.64 bits per heavy atom. The van der Waals surface area contributed by atoms with E-state index in [9.17, 15) is 14.4 Å². The number of aryl methyl sites for hydroxylation is 1. The molecule has 25 heavy (non-hydrogen) atoms. The van der Waals surface area contributed by atoms with Crippen LogP contribution in [0.5, 0.6) is 0 Å². The Labute approximate surface area is 143 Å². The van der Waals surface area contributed by atoms with Crippen LogP contribution in [0.25, 0.3) is 11.0 Å². The van der Waals surface area contributed by atoms with E-state index >= 15 is 0 Å². The third-order valence-electron chi connectivity index (χ3n) is 4.17. The fourth-order valence-corrected chi connectivity index (χ4v) is 2.68. The Kier molecular flexibility index (Phi) is 4.03. The lowest BCUT2D eigenvalue weighted by atomic mass is 10.2. The Balaban J connectivity index is 1.90. The zero-order valence-corrected chi connectivity index (χ0v) is 14.5. The number of imidazole rings is 1. The van der Waals surface area contributed by atoms with E-state index in [0.29, 0.717) is 5.82 Å². The standard InChI is InChI=1S/C17H19N5O3/c1-10-5-6-11-12(7-10)19-14(18-11)9-20(2)16(24)13-8-15(23)22(4)17(25)21(13)3/h5-8H,9H2,1-4H3,(H,18,19). The van der Waals surface area contributed by atoms with Gasteiger partial charge in [0.2, 0.25) is 0 Å². The van der Waals surface area contributed by atoms with E-state index in [1.165, 1.54) is 29.6 Å². The summed E-state index contributed by atoms with van der Waals surface area (Å²) in [4.78, 5) is 45.5. The lowest BCUT2D eigenvalue weighted by Crippen LogP contribution is -2.41. The molecule has 0 saturated carbocycles. The number of carbonyl (C=O) groups is 1. The van der Waals surface area contributed by atoms with Gasteiger partial charge < -0.3 is 9.88 Å². The zero-order valence-electron chi connectivity index (χ0n) is 14.5. The van der Waals surface area contributed by atoms with Gasteiger partial charge in [-0.1, -0.05) is 6.07 Å². The van der Waals surface area contributed by atoms with Gasteiger partial charge in [0.1, 0.15) is 11.5 Å². The maximum absolute atomic E-state index is 12.6. The summed E-state index contributed by atoms with van der Waals surface area (Å²) >= 11 is 0. The van der Waals surface area contributed by atoms with Crippen LogP contribution in [0.1, 0.15) is 21.9 Å². The van der Waals surface area contributed by atoms with E-state index in [-0.39, 0.29) is 12.2 Å². The van der Waals surface area contributed by atoms with Crippen LogP contribution in [0, 0.1) is 6.92 Å². The number of benzene rings is 1. The summed E-state index contributed by atoms with van der Waals surface area (Å²) in [6.07, 6.45) is 0. The predicted octanol–water partition coefficient (Wildman–Crippen LogP) is 0.541. The molecule has 8 heteroatoms. The van der Waals surface area contributed by atoms with Gasteiger partial charge in [0.15, 0.2) is 0 Å². The first-order valence-corrected chi connectivity index (χ1v) is 7.75. The molecule has 0 aliphatic carbocycles. The Morgan fingerprint density at radius 1 is 1.20 bits per heavy atom. The van der Waals surface area contributed by atoms with Crippen LogP contribution >= 0.6 is 0 Å². The van der Waals surface area contributed by atoms with E-state index in [4.69, 9.17) is 0 Å². The molecule has 2 aromatic heterocycles. The van der Waals surface area contributed by atoms with E-state index in [0.717, 1.165) is 21.2 Å². The number of aromatic nitrogens is 4. The third kappa shape index (κ3) is 2.98. The third-order valence-corrected chi connectivity index (χ3v) is 4.17. The lowest BCUT2D eigenvalue weighted by Gasteiger charge is -2.17. The number of nitrogens with one attached hydrogen (secondary N) is 1. The van der Waals surface area contributed by atoms with Gasteiger partial charge in [0.25, 0.3) is 11.5 Å². The first-order chi connectivity index (χ1) is 11.8. The van der Waals surface area contributed by atoms with Crippen molar-refractivity contribution in [3.05, 3.63) is 62.2 Å². The fourth-order valence-electron chi connectivity index (χ4n) is 2.68. The normalized spacial score (nSPS) is 11.0. The highest BCUT2D eigenvalue weighted by molar-refractivity contribution is 5.92. The van der Waals surface area contributed by atoms with Gasteiger partial charge in [0, 0.05) is 27.2 Å². The molecular weight excluding hydrogens is 322 g/mol. The van der Waals surface area contributed by atoms with E-state index < -0.39 is 17.2 Å². The number of amides is 1. The predicted molar refractivity (Wildman–Crippen MR) is 93.6 cm³/mol. The number of carbonyl (C=O) groups excluding carboxylic acids is 1. The highest BCUT2D eigenvalue weighted by Gasteiger charge is 2.18. The van der Waals surface area contributed by atoms with Crippen molar-refractivity contribution in [1.82, 2.24) is 24.0 Å². The second-order valence-electron chi connectivity index (χ2n) is 6.13. The topological polar surface area (TPSA) is 93.0 Å². The summed E-state index contributed by atoms with van der Waals surface area (Å²) in [6, 6.07) is 7.04. The zero-order chi connectivity index (χ0) is 18.3. The molecule has 0 spiro atoms. The highest BCUT2D eigenvalue weighted by atomic mass is 16.2. The largest absolute Gasteiger partial charge is 0.340 e. The van der Waals surface area contributed by atoms with Crippen molar-refractivity contribution >= 4 is 16.9 Å². The number of hydrogen-bond acceptors (Lipinski definition) is 4. The molecule has 1 amide bonds. The van der Waals surface area contributed by atoms with Gasteiger partial charge in [-0.2, -0.15) is 0 Å². The molecule has 3 aromatic rings.